The van der Waals surface area contributed by atoms with Gasteiger partial charge in [0, 0.05) is 22.6 Å². The van der Waals surface area contributed by atoms with Crippen LogP contribution in [0.2, 0.25) is 0 Å². The Hall–Kier alpha value is -2.39. The van der Waals surface area contributed by atoms with Crippen LogP contribution in [0.4, 0.5) is 0 Å². The standard InChI is InChI=1S/C22H23NO2/c1-15-6-8-16(9-7-15)13-23(2)14-19-12-22(24)25-21-11-18-5-3-4-17(18)10-20(19)21/h6-12H,3-5,13-14H2,1-2H3/p+1. The van der Waals surface area contributed by atoms with Crippen LogP contribution in [0, 0.1) is 6.92 Å². The van der Waals surface area contributed by atoms with E-state index in [0.29, 0.717) is 0 Å². The summed E-state index contributed by atoms with van der Waals surface area (Å²) < 4.78 is 5.48. The number of nitrogens with one attached hydrogen (secondary N) is 1. The van der Waals surface area contributed by atoms with Crippen molar-refractivity contribution in [1.29, 1.82) is 0 Å². The number of hydrogen-bond donors (Lipinski definition) is 1. The fourth-order valence-corrected chi connectivity index (χ4v) is 3.88. The second-order valence-corrected chi connectivity index (χ2v) is 7.36. The SMILES string of the molecule is Cc1ccc(C[NH+](C)Cc2cc(=O)oc3cc4c(cc23)CCC4)cc1. The van der Waals surface area contributed by atoms with E-state index in [4.69, 9.17) is 4.42 Å². The Morgan fingerprint density at radius 1 is 1.00 bits per heavy atom. The Morgan fingerprint density at radius 3 is 2.48 bits per heavy atom. The summed E-state index contributed by atoms with van der Waals surface area (Å²) in [4.78, 5) is 13.4. The first-order chi connectivity index (χ1) is 12.1. The molecule has 128 valence electrons. The second kappa shape index (κ2) is 6.49. The summed E-state index contributed by atoms with van der Waals surface area (Å²) in [7, 11) is 2.17. The monoisotopic (exact) mass is 334 g/mol. The molecule has 1 aromatic heterocycles. The van der Waals surface area contributed by atoms with Gasteiger partial charge in [0.1, 0.15) is 18.7 Å². The summed E-state index contributed by atoms with van der Waals surface area (Å²) in [5, 5.41) is 1.10. The van der Waals surface area contributed by atoms with Gasteiger partial charge in [-0.25, -0.2) is 4.79 Å². The number of aryl methyl sites for hydroxylation is 3. The first-order valence-corrected chi connectivity index (χ1v) is 9.04. The summed E-state index contributed by atoms with van der Waals surface area (Å²) in [5.41, 5.74) is 6.94. The molecule has 1 atom stereocenters. The molecule has 1 aliphatic rings. The Labute approximate surface area is 147 Å². The van der Waals surface area contributed by atoms with Gasteiger partial charge in [-0.2, -0.15) is 0 Å². The van der Waals surface area contributed by atoms with Crippen molar-refractivity contribution in [3.63, 3.8) is 0 Å². The summed E-state index contributed by atoms with van der Waals surface area (Å²) in [6.07, 6.45) is 3.43. The van der Waals surface area contributed by atoms with Gasteiger partial charge < -0.3 is 9.32 Å². The molecule has 0 saturated heterocycles. The zero-order valence-corrected chi connectivity index (χ0v) is 14.9. The molecule has 0 saturated carbocycles. The van der Waals surface area contributed by atoms with Gasteiger partial charge in [0.15, 0.2) is 0 Å². The lowest BCUT2D eigenvalue weighted by Crippen LogP contribution is -3.06. The second-order valence-electron chi connectivity index (χ2n) is 7.36. The quantitative estimate of drug-likeness (QED) is 0.745. The third kappa shape index (κ3) is 3.38. The highest BCUT2D eigenvalue weighted by Crippen LogP contribution is 2.28. The van der Waals surface area contributed by atoms with Gasteiger partial charge >= 0.3 is 5.63 Å². The van der Waals surface area contributed by atoms with Gasteiger partial charge in [0.2, 0.25) is 0 Å². The highest BCUT2D eigenvalue weighted by Gasteiger charge is 2.17. The maximum absolute atomic E-state index is 12.0. The number of quaternary nitrogens is 1. The molecular weight excluding hydrogens is 310 g/mol. The number of hydrogen-bond acceptors (Lipinski definition) is 2. The van der Waals surface area contributed by atoms with Gasteiger partial charge in [-0.3, -0.25) is 0 Å². The lowest BCUT2D eigenvalue weighted by atomic mass is 10.0. The van der Waals surface area contributed by atoms with E-state index in [0.717, 1.165) is 42.5 Å². The van der Waals surface area contributed by atoms with Crippen molar-refractivity contribution in [2.24, 2.45) is 0 Å². The van der Waals surface area contributed by atoms with Gasteiger partial charge in [-0.05, 0) is 49.4 Å². The number of benzene rings is 2. The topological polar surface area (TPSA) is 34.7 Å². The highest BCUT2D eigenvalue weighted by molar-refractivity contribution is 5.82. The van der Waals surface area contributed by atoms with Crippen LogP contribution in [0.25, 0.3) is 11.0 Å². The maximum Gasteiger partial charge on any atom is 0.336 e. The molecule has 3 nitrogen and oxygen atoms in total. The van der Waals surface area contributed by atoms with Crippen molar-refractivity contribution < 1.29 is 9.32 Å². The minimum Gasteiger partial charge on any atom is -0.423 e. The molecule has 1 heterocycles. The lowest BCUT2D eigenvalue weighted by Gasteiger charge is -2.15. The van der Waals surface area contributed by atoms with E-state index in [9.17, 15) is 4.79 Å². The van der Waals surface area contributed by atoms with Gasteiger partial charge in [-0.15, -0.1) is 0 Å². The van der Waals surface area contributed by atoms with Crippen molar-refractivity contribution in [2.75, 3.05) is 7.05 Å². The minimum atomic E-state index is -0.247. The maximum atomic E-state index is 12.0. The Bertz CT molecular complexity index is 970. The summed E-state index contributed by atoms with van der Waals surface area (Å²) in [6, 6.07) is 14.7. The zero-order chi connectivity index (χ0) is 17.4. The molecule has 0 amide bonds. The van der Waals surface area contributed by atoms with E-state index in [-0.39, 0.29) is 5.63 Å². The lowest BCUT2D eigenvalue weighted by molar-refractivity contribution is -0.907. The van der Waals surface area contributed by atoms with Crippen LogP contribution in [-0.2, 0) is 25.9 Å². The molecule has 0 fully saturated rings. The molecule has 3 aromatic rings. The average Bonchev–Trinajstić information content (AvgIpc) is 3.02. The average molecular weight is 334 g/mol. The molecule has 1 aliphatic carbocycles. The van der Waals surface area contributed by atoms with E-state index >= 15 is 0 Å². The van der Waals surface area contributed by atoms with Crippen LogP contribution in [0.1, 0.15) is 34.2 Å². The normalized spacial score (nSPS) is 14.6. The molecule has 3 heteroatoms. The minimum absolute atomic E-state index is 0.247. The van der Waals surface area contributed by atoms with Crippen LogP contribution in [0.3, 0.4) is 0 Å². The van der Waals surface area contributed by atoms with Crippen LogP contribution >= 0.6 is 0 Å². The fraction of sp³-hybridized carbons (Fsp3) is 0.318. The third-order valence-electron chi connectivity index (χ3n) is 5.16. The largest absolute Gasteiger partial charge is 0.423 e. The molecule has 4 rings (SSSR count). The van der Waals surface area contributed by atoms with E-state index < -0.39 is 0 Å². The summed E-state index contributed by atoms with van der Waals surface area (Å²) >= 11 is 0. The Kier molecular flexibility index (Phi) is 4.18. The predicted molar refractivity (Wildman–Crippen MR) is 100.0 cm³/mol. The molecule has 2 aromatic carbocycles. The predicted octanol–water partition coefficient (Wildman–Crippen LogP) is 2.81. The molecule has 1 unspecified atom stereocenters. The molecule has 25 heavy (non-hydrogen) atoms. The summed E-state index contributed by atoms with van der Waals surface area (Å²) in [6.45, 7) is 3.86. The molecule has 0 bridgehead atoms. The van der Waals surface area contributed by atoms with Crippen LogP contribution < -0.4 is 10.5 Å². The first kappa shape index (κ1) is 16.1. The highest BCUT2D eigenvalue weighted by atomic mass is 16.4. The molecular formula is C22H24NO2+. The van der Waals surface area contributed by atoms with E-state index in [1.54, 1.807) is 6.07 Å². The van der Waals surface area contributed by atoms with Crippen molar-refractivity contribution in [3.8, 4) is 0 Å². The summed E-state index contributed by atoms with van der Waals surface area (Å²) in [5.74, 6) is 0. The van der Waals surface area contributed by atoms with Crippen molar-refractivity contribution in [2.45, 2.75) is 39.3 Å². The first-order valence-electron chi connectivity index (χ1n) is 9.04. The Balaban J connectivity index is 1.64. The fourth-order valence-electron chi connectivity index (χ4n) is 3.88. The van der Waals surface area contributed by atoms with E-state index in [1.807, 2.05) is 0 Å². The Morgan fingerprint density at radius 2 is 1.72 bits per heavy atom. The number of fused-ring (bicyclic) bond motifs is 2. The van der Waals surface area contributed by atoms with Crippen molar-refractivity contribution in [1.82, 2.24) is 0 Å². The van der Waals surface area contributed by atoms with E-state index in [1.165, 1.54) is 33.6 Å². The van der Waals surface area contributed by atoms with Crippen LogP contribution in [-0.4, -0.2) is 7.05 Å². The van der Waals surface area contributed by atoms with Gasteiger partial charge in [0.25, 0.3) is 0 Å². The van der Waals surface area contributed by atoms with Crippen molar-refractivity contribution in [3.05, 3.63) is 80.7 Å². The molecule has 0 radical (unpaired) electrons. The molecule has 0 aliphatic heterocycles. The van der Waals surface area contributed by atoms with Crippen LogP contribution in [0.15, 0.2) is 51.7 Å². The number of rotatable bonds is 4. The molecule has 1 N–H and O–H groups in total. The van der Waals surface area contributed by atoms with Gasteiger partial charge in [0.05, 0.1) is 7.05 Å². The van der Waals surface area contributed by atoms with Gasteiger partial charge in [-0.1, -0.05) is 29.8 Å². The third-order valence-corrected chi connectivity index (χ3v) is 5.16. The molecule has 0 spiro atoms. The zero-order valence-electron chi connectivity index (χ0n) is 14.9. The smallest absolute Gasteiger partial charge is 0.336 e. The van der Waals surface area contributed by atoms with E-state index in [2.05, 4.69) is 50.4 Å². The van der Waals surface area contributed by atoms with Crippen molar-refractivity contribution >= 4 is 11.0 Å². The van der Waals surface area contributed by atoms with Crippen LogP contribution in [0.5, 0.6) is 0 Å².